The Kier molecular flexibility index (Phi) is 3.56. The number of benzene rings is 1. The molecule has 0 atom stereocenters. The van der Waals surface area contributed by atoms with Crippen LogP contribution in [0.2, 0.25) is 0 Å². The average molecular weight is 340 g/mol. The quantitative estimate of drug-likeness (QED) is 0.770. The molecule has 1 N–H and O–H groups in total. The molecule has 1 aliphatic rings. The minimum absolute atomic E-state index is 0.213. The van der Waals surface area contributed by atoms with Gasteiger partial charge in [-0.25, -0.2) is 0 Å². The van der Waals surface area contributed by atoms with Crippen LogP contribution < -0.4 is 5.32 Å². The minimum Gasteiger partial charge on any atom is -0.312 e. The Morgan fingerprint density at radius 3 is 3.04 bits per heavy atom. The van der Waals surface area contributed by atoms with Gasteiger partial charge in [0.2, 0.25) is 0 Å². The number of nitrogens with one attached hydrogen (secondary N) is 1. The fourth-order valence-electron chi connectivity index (χ4n) is 2.87. The molecule has 1 aromatic carbocycles. The van der Waals surface area contributed by atoms with E-state index < -0.39 is 0 Å². The van der Waals surface area contributed by atoms with Gasteiger partial charge >= 0.3 is 0 Å². The number of hydrogen-bond acceptors (Lipinski definition) is 6. The van der Waals surface area contributed by atoms with Gasteiger partial charge in [0, 0.05) is 10.4 Å². The molecule has 0 saturated heterocycles. The second-order valence-corrected chi connectivity index (χ2v) is 7.33. The van der Waals surface area contributed by atoms with Gasteiger partial charge < -0.3 is 5.32 Å². The topological polar surface area (TPSA) is 78.7 Å². The molecule has 23 heavy (non-hydrogen) atoms. The minimum atomic E-state index is -0.213. The van der Waals surface area contributed by atoms with Crippen LogP contribution >= 0.6 is 22.9 Å². The number of rotatable bonds is 2. The summed E-state index contributed by atoms with van der Waals surface area (Å²) in [7, 11) is 0. The van der Waals surface area contributed by atoms with Crippen molar-refractivity contribution in [3.63, 3.8) is 0 Å². The maximum absolute atomic E-state index is 12.5. The number of aromatic nitrogens is 2. The molecule has 5 nitrogen and oxygen atoms in total. The highest BCUT2D eigenvalue weighted by molar-refractivity contribution is 7.16. The summed E-state index contributed by atoms with van der Waals surface area (Å²) in [6.45, 7) is 0. The van der Waals surface area contributed by atoms with Crippen LogP contribution in [0.15, 0.2) is 18.2 Å². The second kappa shape index (κ2) is 5.72. The first-order valence-electron chi connectivity index (χ1n) is 7.34. The van der Waals surface area contributed by atoms with E-state index in [1.807, 2.05) is 6.07 Å². The van der Waals surface area contributed by atoms with Crippen LogP contribution in [0.3, 0.4) is 0 Å². The monoisotopic (exact) mass is 340 g/mol. The van der Waals surface area contributed by atoms with Crippen molar-refractivity contribution >= 4 is 44.0 Å². The lowest BCUT2D eigenvalue weighted by atomic mass is 9.96. The molecule has 2 aromatic heterocycles. The van der Waals surface area contributed by atoms with Gasteiger partial charge in [0.15, 0.2) is 0 Å². The Morgan fingerprint density at radius 1 is 1.30 bits per heavy atom. The largest absolute Gasteiger partial charge is 0.312 e. The fourth-order valence-corrected chi connectivity index (χ4v) is 4.64. The van der Waals surface area contributed by atoms with Gasteiger partial charge in [-0.2, -0.15) is 5.26 Å². The van der Waals surface area contributed by atoms with Crippen molar-refractivity contribution in [3.8, 4) is 6.07 Å². The molecule has 7 heteroatoms. The van der Waals surface area contributed by atoms with Gasteiger partial charge in [0.25, 0.3) is 5.91 Å². The predicted octanol–water partition coefficient (Wildman–Crippen LogP) is 3.76. The number of fused-ring (bicyclic) bond motifs is 2. The highest BCUT2D eigenvalue weighted by Crippen LogP contribution is 2.37. The van der Waals surface area contributed by atoms with Crippen LogP contribution in [-0.2, 0) is 12.8 Å². The Bertz CT molecular complexity index is 951. The lowest BCUT2D eigenvalue weighted by Gasteiger charge is -2.09. The molecule has 0 saturated carbocycles. The summed E-state index contributed by atoms with van der Waals surface area (Å²) in [5, 5.41) is 17.0. The molecular weight excluding hydrogens is 328 g/mol. The molecule has 1 amide bonds. The first-order valence-corrected chi connectivity index (χ1v) is 8.93. The van der Waals surface area contributed by atoms with E-state index in [1.165, 1.54) is 27.7 Å². The molecule has 3 aromatic rings. The SMILES string of the molecule is N#Cc1c(NC(=O)c2ccc3snnc3c2)sc2c1CCCC2. The third-order valence-corrected chi connectivity index (χ3v) is 5.93. The zero-order valence-corrected chi connectivity index (χ0v) is 13.8. The Hall–Kier alpha value is -2.30. The van der Waals surface area contributed by atoms with Crippen molar-refractivity contribution in [1.82, 2.24) is 9.59 Å². The van der Waals surface area contributed by atoms with Gasteiger partial charge in [-0.1, -0.05) is 4.49 Å². The van der Waals surface area contributed by atoms with Gasteiger partial charge in [-0.3, -0.25) is 4.79 Å². The number of carbonyl (C=O) groups is 1. The highest BCUT2D eigenvalue weighted by atomic mass is 32.1. The van der Waals surface area contributed by atoms with E-state index in [2.05, 4.69) is 21.0 Å². The number of aryl methyl sites for hydroxylation is 1. The number of amides is 1. The standard InChI is InChI=1S/C16H12N4OS2/c17-8-11-10-3-1-2-4-13(10)22-16(11)18-15(21)9-5-6-14-12(7-9)19-20-23-14/h5-7H,1-4H2,(H,18,21). The normalized spacial score (nSPS) is 13.5. The van der Waals surface area contributed by atoms with Crippen molar-refractivity contribution in [2.45, 2.75) is 25.7 Å². The predicted molar refractivity (Wildman–Crippen MR) is 91.0 cm³/mol. The molecule has 0 fully saturated rings. The van der Waals surface area contributed by atoms with Crippen molar-refractivity contribution in [1.29, 1.82) is 5.26 Å². The number of carbonyl (C=O) groups excluding carboxylic acids is 1. The maximum atomic E-state index is 12.5. The van der Waals surface area contributed by atoms with Gasteiger partial charge in [-0.15, -0.1) is 16.4 Å². The summed E-state index contributed by atoms with van der Waals surface area (Å²) in [5.41, 5.74) is 3.00. The van der Waals surface area contributed by atoms with E-state index in [9.17, 15) is 10.1 Å². The molecule has 1 aliphatic carbocycles. The van der Waals surface area contributed by atoms with Crippen LogP contribution in [-0.4, -0.2) is 15.5 Å². The van der Waals surface area contributed by atoms with Crippen molar-refractivity contribution in [2.24, 2.45) is 0 Å². The Morgan fingerprint density at radius 2 is 2.17 bits per heavy atom. The lowest BCUT2D eigenvalue weighted by molar-refractivity contribution is 0.102. The summed E-state index contributed by atoms with van der Waals surface area (Å²) >= 11 is 2.84. The van der Waals surface area contributed by atoms with E-state index in [0.717, 1.165) is 35.9 Å². The molecule has 0 aliphatic heterocycles. The lowest BCUT2D eigenvalue weighted by Crippen LogP contribution is -2.11. The van der Waals surface area contributed by atoms with Crippen LogP contribution in [0.25, 0.3) is 10.2 Å². The van der Waals surface area contributed by atoms with E-state index in [0.29, 0.717) is 21.6 Å². The smallest absolute Gasteiger partial charge is 0.256 e. The molecule has 0 unspecified atom stereocenters. The van der Waals surface area contributed by atoms with Crippen molar-refractivity contribution in [3.05, 3.63) is 39.8 Å². The van der Waals surface area contributed by atoms with Crippen molar-refractivity contribution < 1.29 is 4.79 Å². The molecular formula is C16H12N4OS2. The second-order valence-electron chi connectivity index (χ2n) is 5.44. The van der Waals surface area contributed by atoms with Crippen LogP contribution in [0.5, 0.6) is 0 Å². The van der Waals surface area contributed by atoms with Gasteiger partial charge in [-0.05, 0) is 61.0 Å². The first kappa shape index (κ1) is 14.3. The maximum Gasteiger partial charge on any atom is 0.256 e. The third-order valence-electron chi connectivity index (χ3n) is 4.02. The molecule has 0 bridgehead atoms. The van der Waals surface area contributed by atoms with E-state index in [1.54, 1.807) is 12.1 Å². The summed E-state index contributed by atoms with van der Waals surface area (Å²) < 4.78 is 4.83. The van der Waals surface area contributed by atoms with Crippen LogP contribution in [0.4, 0.5) is 5.00 Å². The number of anilines is 1. The molecule has 2 heterocycles. The Labute approximate surface area is 140 Å². The van der Waals surface area contributed by atoms with Crippen molar-refractivity contribution in [2.75, 3.05) is 5.32 Å². The number of hydrogen-bond donors (Lipinski definition) is 1. The molecule has 114 valence electrons. The summed E-state index contributed by atoms with van der Waals surface area (Å²) in [4.78, 5) is 13.7. The first-order chi connectivity index (χ1) is 11.3. The summed E-state index contributed by atoms with van der Waals surface area (Å²) in [5.74, 6) is -0.213. The zero-order valence-electron chi connectivity index (χ0n) is 12.1. The van der Waals surface area contributed by atoms with Crippen LogP contribution in [0.1, 0.15) is 39.2 Å². The van der Waals surface area contributed by atoms with E-state index >= 15 is 0 Å². The summed E-state index contributed by atoms with van der Waals surface area (Å²) in [6, 6.07) is 7.60. The van der Waals surface area contributed by atoms with Gasteiger partial charge in [0.05, 0.1) is 10.3 Å². The van der Waals surface area contributed by atoms with Gasteiger partial charge in [0.1, 0.15) is 16.6 Å². The fraction of sp³-hybridized carbons (Fsp3) is 0.250. The summed E-state index contributed by atoms with van der Waals surface area (Å²) in [6.07, 6.45) is 4.20. The molecule has 4 rings (SSSR count). The third kappa shape index (κ3) is 2.50. The number of nitrogens with zero attached hydrogens (tertiary/aromatic N) is 3. The highest BCUT2D eigenvalue weighted by Gasteiger charge is 2.22. The Balaban J connectivity index is 1.66. The van der Waals surface area contributed by atoms with Crippen LogP contribution in [0, 0.1) is 11.3 Å². The van der Waals surface area contributed by atoms with E-state index in [-0.39, 0.29) is 5.91 Å². The number of thiophene rings is 1. The van der Waals surface area contributed by atoms with E-state index in [4.69, 9.17) is 0 Å². The number of nitriles is 1. The molecule has 0 spiro atoms. The average Bonchev–Trinajstić information content (AvgIpc) is 3.17. The molecule has 0 radical (unpaired) electrons. The zero-order chi connectivity index (χ0) is 15.8.